The standard InChI is InChI=1S/C12H11ClN2O2/c1-3-17-12(16)11-10(13)9-7(2)5-4-6-8(9)14-15-11/h4-6H,3H2,1-2H3. The number of nitrogens with zero attached hydrogens (tertiary/aromatic N) is 2. The van der Waals surface area contributed by atoms with Crippen LogP contribution in [0.2, 0.25) is 5.02 Å². The summed E-state index contributed by atoms with van der Waals surface area (Å²) in [5.41, 5.74) is 1.69. The molecule has 0 amide bonds. The van der Waals surface area contributed by atoms with Crippen LogP contribution >= 0.6 is 11.6 Å². The van der Waals surface area contributed by atoms with Crippen molar-refractivity contribution in [1.29, 1.82) is 0 Å². The molecule has 0 unspecified atom stereocenters. The zero-order chi connectivity index (χ0) is 12.4. The number of carbonyl (C=O) groups excluding carboxylic acids is 1. The van der Waals surface area contributed by atoms with Gasteiger partial charge in [-0.25, -0.2) is 4.79 Å². The molecule has 17 heavy (non-hydrogen) atoms. The smallest absolute Gasteiger partial charge is 0.360 e. The molecule has 1 aromatic heterocycles. The van der Waals surface area contributed by atoms with Gasteiger partial charge in [-0.2, -0.15) is 0 Å². The molecule has 0 spiro atoms. The monoisotopic (exact) mass is 250 g/mol. The van der Waals surface area contributed by atoms with Gasteiger partial charge >= 0.3 is 5.97 Å². The molecular weight excluding hydrogens is 240 g/mol. The van der Waals surface area contributed by atoms with E-state index in [4.69, 9.17) is 16.3 Å². The van der Waals surface area contributed by atoms with Crippen LogP contribution in [0.15, 0.2) is 18.2 Å². The van der Waals surface area contributed by atoms with Crippen molar-refractivity contribution in [1.82, 2.24) is 10.2 Å². The highest BCUT2D eigenvalue weighted by Gasteiger charge is 2.17. The number of rotatable bonds is 2. The number of esters is 1. The van der Waals surface area contributed by atoms with Crippen LogP contribution in [0.5, 0.6) is 0 Å². The van der Waals surface area contributed by atoms with Gasteiger partial charge in [0.25, 0.3) is 0 Å². The van der Waals surface area contributed by atoms with Crippen molar-refractivity contribution in [2.24, 2.45) is 0 Å². The van der Waals surface area contributed by atoms with Gasteiger partial charge in [-0.3, -0.25) is 0 Å². The van der Waals surface area contributed by atoms with E-state index in [1.165, 1.54) is 0 Å². The minimum Gasteiger partial charge on any atom is -0.461 e. The number of hydrogen-bond donors (Lipinski definition) is 0. The van der Waals surface area contributed by atoms with Crippen LogP contribution in [0.1, 0.15) is 23.0 Å². The van der Waals surface area contributed by atoms with E-state index in [0.717, 1.165) is 10.9 Å². The third kappa shape index (κ3) is 2.08. The first-order chi connectivity index (χ1) is 8.15. The molecule has 2 rings (SSSR count). The molecule has 0 saturated heterocycles. The Kier molecular flexibility index (Phi) is 3.24. The maximum absolute atomic E-state index is 11.6. The lowest BCUT2D eigenvalue weighted by molar-refractivity contribution is 0.0518. The van der Waals surface area contributed by atoms with E-state index in [1.807, 2.05) is 19.1 Å². The van der Waals surface area contributed by atoms with Crippen LogP contribution in [0.4, 0.5) is 0 Å². The van der Waals surface area contributed by atoms with Crippen LogP contribution in [-0.4, -0.2) is 22.8 Å². The molecule has 5 heteroatoms. The number of fused-ring (bicyclic) bond motifs is 1. The van der Waals surface area contributed by atoms with E-state index in [9.17, 15) is 4.79 Å². The number of hydrogen-bond acceptors (Lipinski definition) is 4. The Labute approximate surface area is 104 Å². The number of benzene rings is 1. The maximum atomic E-state index is 11.6. The van der Waals surface area contributed by atoms with Gasteiger partial charge in [0, 0.05) is 5.39 Å². The molecule has 88 valence electrons. The second kappa shape index (κ2) is 4.67. The van der Waals surface area contributed by atoms with Gasteiger partial charge in [0.15, 0.2) is 5.69 Å². The summed E-state index contributed by atoms with van der Waals surface area (Å²) in [7, 11) is 0. The van der Waals surface area contributed by atoms with Crippen LogP contribution < -0.4 is 0 Å². The summed E-state index contributed by atoms with van der Waals surface area (Å²) < 4.78 is 4.87. The molecule has 0 radical (unpaired) electrons. The number of carbonyl (C=O) groups is 1. The summed E-state index contributed by atoms with van der Waals surface area (Å²) in [6.07, 6.45) is 0. The normalized spacial score (nSPS) is 10.5. The summed E-state index contributed by atoms with van der Waals surface area (Å²) in [5, 5.41) is 8.82. The average molecular weight is 251 g/mol. The molecule has 0 aliphatic rings. The molecule has 1 heterocycles. The number of aromatic nitrogens is 2. The largest absolute Gasteiger partial charge is 0.461 e. The van der Waals surface area contributed by atoms with E-state index in [0.29, 0.717) is 10.5 Å². The highest BCUT2D eigenvalue weighted by atomic mass is 35.5. The lowest BCUT2D eigenvalue weighted by atomic mass is 10.1. The Hall–Kier alpha value is -1.68. The Morgan fingerprint density at radius 1 is 1.41 bits per heavy atom. The Morgan fingerprint density at radius 2 is 2.18 bits per heavy atom. The zero-order valence-corrected chi connectivity index (χ0v) is 10.3. The molecule has 0 fully saturated rings. The van der Waals surface area contributed by atoms with Crippen molar-refractivity contribution < 1.29 is 9.53 Å². The molecular formula is C12H11ClN2O2. The van der Waals surface area contributed by atoms with E-state index < -0.39 is 5.97 Å². The maximum Gasteiger partial charge on any atom is 0.360 e. The van der Waals surface area contributed by atoms with Gasteiger partial charge in [0.2, 0.25) is 0 Å². The first kappa shape index (κ1) is 11.8. The number of aryl methyl sites for hydroxylation is 1. The Balaban J connectivity index is 2.65. The van der Waals surface area contributed by atoms with Gasteiger partial charge in [0.05, 0.1) is 17.1 Å². The summed E-state index contributed by atoms with van der Waals surface area (Å²) in [6, 6.07) is 5.58. The van der Waals surface area contributed by atoms with Crippen molar-refractivity contribution in [3.63, 3.8) is 0 Å². The molecule has 0 aliphatic heterocycles. The fourth-order valence-electron chi connectivity index (χ4n) is 1.62. The molecule has 2 aromatic rings. The van der Waals surface area contributed by atoms with Crippen molar-refractivity contribution in [3.8, 4) is 0 Å². The molecule has 0 saturated carbocycles. The lowest BCUT2D eigenvalue weighted by Crippen LogP contribution is -2.09. The summed E-state index contributed by atoms with van der Waals surface area (Å²) >= 11 is 6.17. The van der Waals surface area contributed by atoms with E-state index in [1.54, 1.807) is 13.0 Å². The first-order valence-electron chi connectivity index (χ1n) is 5.23. The third-order valence-electron chi connectivity index (χ3n) is 2.40. The van der Waals surface area contributed by atoms with Crippen LogP contribution in [-0.2, 0) is 4.74 Å². The first-order valence-corrected chi connectivity index (χ1v) is 5.61. The fraction of sp³-hybridized carbons (Fsp3) is 0.250. The Bertz CT molecular complexity index is 584. The highest BCUT2D eigenvalue weighted by Crippen LogP contribution is 2.27. The second-order valence-corrected chi connectivity index (χ2v) is 3.93. The van der Waals surface area contributed by atoms with Crippen LogP contribution in [0.25, 0.3) is 10.9 Å². The minimum atomic E-state index is -0.546. The van der Waals surface area contributed by atoms with E-state index >= 15 is 0 Å². The molecule has 0 bridgehead atoms. The SMILES string of the molecule is CCOC(=O)c1nnc2cccc(C)c2c1Cl. The fourth-order valence-corrected chi connectivity index (χ4v) is 1.98. The number of halogens is 1. The molecule has 4 nitrogen and oxygen atoms in total. The predicted molar refractivity (Wildman–Crippen MR) is 65.2 cm³/mol. The highest BCUT2D eigenvalue weighted by molar-refractivity contribution is 6.38. The summed E-state index contributed by atoms with van der Waals surface area (Å²) in [6.45, 7) is 3.92. The average Bonchev–Trinajstić information content (AvgIpc) is 2.29. The minimum absolute atomic E-state index is 0.0651. The van der Waals surface area contributed by atoms with Gasteiger partial charge in [-0.1, -0.05) is 23.7 Å². The van der Waals surface area contributed by atoms with Crippen LogP contribution in [0, 0.1) is 6.92 Å². The molecule has 0 N–H and O–H groups in total. The van der Waals surface area contributed by atoms with Gasteiger partial charge < -0.3 is 4.74 Å². The third-order valence-corrected chi connectivity index (χ3v) is 2.77. The lowest BCUT2D eigenvalue weighted by Gasteiger charge is -2.06. The van der Waals surface area contributed by atoms with Crippen molar-refractivity contribution >= 4 is 28.5 Å². The number of ether oxygens (including phenoxy) is 1. The molecule has 0 aliphatic carbocycles. The van der Waals surface area contributed by atoms with Crippen molar-refractivity contribution in [3.05, 3.63) is 34.5 Å². The van der Waals surface area contributed by atoms with Crippen LogP contribution in [0.3, 0.4) is 0 Å². The molecule has 1 aromatic carbocycles. The van der Waals surface area contributed by atoms with E-state index in [-0.39, 0.29) is 12.3 Å². The zero-order valence-electron chi connectivity index (χ0n) is 9.53. The van der Waals surface area contributed by atoms with Gasteiger partial charge in [0.1, 0.15) is 0 Å². The van der Waals surface area contributed by atoms with Crippen molar-refractivity contribution in [2.45, 2.75) is 13.8 Å². The van der Waals surface area contributed by atoms with Crippen molar-refractivity contribution in [2.75, 3.05) is 6.61 Å². The molecule has 0 atom stereocenters. The second-order valence-electron chi connectivity index (χ2n) is 3.55. The van der Waals surface area contributed by atoms with Gasteiger partial charge in [-0.15, -0.1) is 10.2 Å². The van der Waals surface area contributed by atoms with E-state index in [2.05, 4.69) is 10.2 Å². The predicted octanol–water partition coefficient (Wildman–Crippen LogP) is 2.77. The van der Waals surface area contributed by atoms with Gasteiger partial charge in [-0.05, 0) is 25.5 Å². The quantitative estimate of drug-likeness (QED) is 0.769. The topological polar surface area (TPSA) is 52.1 Å². The summed E-state index contributed by atoms with van der Waals surface area (Å²) in [5.74, 6) is -0.546. The summed E-state index contributed by atoms with van der Waals surface area (Å²) in [4.78, 5) is 11.6. The Morgan fingerprint density at radius 3 is 2.88 bits per heavy atom.